The summed E-state index contributed by atoms with van der Waals surface area (Å²) in [4.78, 5) is 35.8. The zero-order chi connectivity index (χ0) is 22.5. The van der Waals surface area contributed by atoms with Gasteiger partial charge in [0.15, 0.2) is 0 Å². The van der Waals surface area contributed by atoms with E-state index in [0.717, 1.165) is 5.56 Å². The number of rotatable bonds is 6. The predicted molar refractivity (Wildman–Crippen MR) is 123 cm³/mol. The van der Waals surface area contributed by atoms with Crippen molar-refractivity contribution < 1.29 is 19.2 Å². The third-order valence-electron chi connectivity index (χ3n) is 4.29. The lowest BCUT2D eigenvalue weighted by Gasteiger charge is -2.13. The summed E-state index contributed by atoms with van der Waals surface area (Å²) in [6.45, 7) is 1.91. The monoisotopic (exact) mass is 546 g/mol. The maximum Gasteiger partial charge on any atom is 0.343 e. The number of ether oxygens (including phenoxy) is 1. The van der Waals surface area contributed by atoms with E-state index in [-0.39, 0.29) is 23.5 Å². The standard InChI is InChI=1S/C22H16Br2N2O5/c1-13-6-8-14(9-7-13)22(28)31-21-15(10-16(23)12-17(21)24)11-20(27)25-18-4-2-3-5-19(18)26(29)30/h2-10,12H,11H2,1H3,(H,25,27). The summed E-state index contributed by atoms with van der Waals surface area (Å²) in [6.07, 6.45) is -0.166. The molecule has 0 fully saturated rings. The third-order valence-corrected chi connectivity index (χ3v) is 5.34. The van der Waals surface area contributed by atoms with E-state index < -0.39 is 16.8 Å². The first kappa shape index (κ1) is 22.6. The molecule has 0 bridgehead atoms. The lowest BCUT2D eigenvalue weighted by atomic mass is 10.1. The van der Waals surface area contributed by atoms with Crippen molar-refractivity contribution in [2.24, 2.45) is 0 Å². The van der Waals surface area contributed by atoms with Crippen molar-refractivity contribution in [3.8, 4) is 5.75 Å². The van der Waals surface area contributed by atoms with Crippen molar-refractivity contribution in [3.05, 3.63) is 96.4 Å². The molecule has 0 aliphatic heterocycles. The summed E-state index contributed by atoms with van der Waals surface area (Å²) in [7, 11) is 0. The fourth-order valence-corrected chi connectivity index (χ4v) is 4.20. The minimum absolute atomic E-state index is 0.0877. The van der Waals surface area contributed by atoms with Gasteiger partial charge in [-0.2, -0.15) is 0 Å². The Balaban J connectivity index is 1.84. The minimum Gasteiger partial charge on any atom is -0.421 e. The zero-order valence-corrected chi connectivity index (χ0v) is 19.4. The van der Waals surface area contributed by atoms with Crippen LogP contribution in [0.25, 0.3) is 0 Å². The van der Waals surface area contributed by atoms with Gasteiger partial charge >= 0.3 is 5.97 Å². The van der Waals surface area contributed by atoms with Crippen molar-refractivity contribution >= 4 is 55.1 Å². The molecule has 0 unspecified atom stereocenters. The first-order valence-corrected chi connectivity index (χ1v) is 10.6. The molecule has 0 aliphatic rings. The fraction of sp³-hybridized carbons (Fsp3) is 0.0909. The van der Waals surface area contributed by atoms with E-state index in [1.54, 1.807) is 42.5 Å². The van der Waals surface area contributed by atoms with Crippen LogP contribution in [0.1, 0.15) is 21.5 Å². The Morgan fingerprint density at radius 1 is 1.06 bits per heavy atom. The maximum atomic E-state index is 12.6. The predicted octanol–water partition coefficient (Wildman–Crippen LogP) is 5.83. The average Bonchev–Trinajstić information content (AvgIpc) is 2.71. The third kappa shape index (κ3) is 5.77. The van der Waals surface area contributed by atoms with E-state index in [1.165, 1.54) is 18.2 Å². The number of carbonyl (C=O) groups excluding carboxylic acids is 2. The molecule has 158 valence electrons. The largest absolute Gasteiger partial charge is 0.421 e. The van der Waals surface area contributed by atoms with Crippen molar-refractivity contribution in [2.75, 3.05) is 5.32 Å². The Morgan fingerprint density at radius 2 is 1.74 bits per heavy atom. The van der Waals surface area contributed by atoms with Crippen molar-refractivity contribution in [2.45, 2.75) is 13.3 Å². The van der Waals surface area contributed by atoms with Gasteiger partial charge in [-0.3, -0.25) is 14.9 Å². The van der Waals surface area contributed by atoms with Gasteiger partial charge in [0.2, 0.25) is 5.91 Å². The van der Waals surface area contributed by atoms with Gasteiger partial charge in [-0.05, 0) is 53.2 Å². The smallest absolute Gasteiger partial charge is 0.343 e. The zero-order valence-electron chi connectivity index (χ0n) is 16.2. The SMILES string of the molecule is Cc1ccc(C(=O)Oc2c(Br)cc(Br)cc2CC(=O)Nc2ccccc2[N+](=O)[O-])cc1. The van der Waals surface area contributed by atoms with Crippen molar-refractivity contribution in [1.29, 1.82) is 0 Å². The van der Waals surface area contributed by atoms with Gasteiger partial charge in [-0.25, -0.2) is 4.79 Å². The molecule has 31 heavy (non-hydrogen) atoms. The number of amides is 1. The van der Waals surface area contributed by atoms with Gasteiger partial charge < -0.3 is 10.1 Å². The van der Waals surface area contributed by atoms with Crippen LogP contribution >= 0.6 is 31.9 Å². The number of carbonyl (C=O) groups is 2. The van der Waals surface area contributed by atoms with E-state index in [1.807, 2.05) is 6.92 Å². The number of aryl methyl sites for hydroxylation is 1. The second-order valence-electron chi connectivity index (χ2n) is 6.63. The molecule has 3 aromatic carbocycles. The highest BCUT2D eigenvalue weighted by molar-refractivity contribution is 9.11. The molecule has 0 aromatic heterocycles. The summed E-state index contributed by atoms with van der Waals surface area (Å²) in [6, 6.07) is 16.1. The summed E-state index contributed by atoms with van der Waals surface area (Å²) in [5.41, 5.74) is 1.68. The summed E-state index contributed by atoms with van der Waals surface area (Å²) in [5, 5.41) is 13.7. The number of nitro groups is 1. The van der Waals surface area contributed by atoms with Gasteiger partial charge in [0.05, 0.1) is 21.4 Å². The Bertz CT molecular complexity index is 1160. The molecule has 0 heterocycles. The quantitative estimate of drug-likeness (QED) is 0.181. The minimum atomic E-state index is -0.569. The molecule has 0 radical (unpaired) electrons. The van der Waals surface area contributed by atoms with E-state index in [9.17, 15) is 19.7 Å². The van der Waals surface area contributed by atoms with Crippen LogP contribution in [-0.4, -0.2) is 16.8 Å². The molecular weight excluding hydrogens is 532 g/mol. The Hall–Kier alpha value is -3.04. The number of esters is 1. The summed E-state index contributed by atoms with van der Waals surface area (Å²) in [5.74, 6) is -0.859. The highest BCUT2D eigenvalue weighted by atomic mass is 79.9. The number of halogens is 2. The molecule has 9 heteroatoms. The fourth-order valence-electron chi connectivity index (χ4n) is 2.81. The molecular formula is C22H16Br2N2O5. The summed E-state index contributed by atoms with van der Waals surface area (Å²) >= 11 is 6.73. The van der Waals surface area contributed by atoms with Gasteiger partial charge in [0.25, 0.3) is 5.69 Å². The van der Waals surface area contributed by atoms with E-state index >= 15 is 0 Å². The Labute approximate surface area is 194 Å². The van der Waals surface area contributed by atoms with Crippen LogP contribution in [0.4, 0.5) is 11.4 Å². The van der Waals surface area contributed by atoms with Gasteiger partial charge in [0, 0.05) is 16.1 Å². The van der Waals surface area contributed by atoms with Crippen LogP contribution in [0.3, 0.4) is 0 Å². The molecule has 1 amide bonds. The number of benzene rings is 3. The number of nitro benzene ring substituents is 1. The van der Waals surface area contributed by atoms with Gasteiger partial charge in [-0.1, -0.05) is 45.8 Å². The Morgan fingerprint density at radius 3 is 2.42 bits per heavy atom. The van der Waals surface area contributed by atoms with Crippen molar-refractivity contribution in [1.82, 2.24) is 0 Å². The number of anilines is 1. The first-order chi connectivity index (χ1) is 14.7. The van der Waals surface area contributed by atoms with Gasteiger partial charge in [-0.15, -0.1) is 0 Å². The lowest BCUT2D eigenvalue weighted by Crippen LogP contribution is -2.17. The molecule has 3 aromatic rings. The van der Waals surface area contributed by atoms with Crippen molar-refractivity contribution in [3.63, 3.8) is 0 Å². The first-order valence-electron chi connectivity index (χ1n) is 9.04. The molecule has 7 nitrogen and oxygen atoms in total. The molecule has 0 saturated heterocycles. The number of nitrogens with one attached hydrogen (secondary N) is 1. The topological polar surface area (TPSA) is 98.5 Å². The number of nitrogens with zero attached hydrogens (tertiary/aromatic N) is 1. The average molecular weight is 548 g/mol. The molecule has 0 spiro atoms. The lowest BCUT2D eigenvalue weighted by molar-refractivity contribution is -0.383. The number of para-hydroxylation sites is 2. The second kappa shape index (κ2) is 9.84. The second-order valence-corrected chi connectivity index (χ2v) is 8.40. The molecule has 0 atom stereocenters. The number of hydrogen-bond acceptors (Lipinski definition) is 5. The van der Waals surface area contributed by atoms with E-state index in [0.29, 0.717) is 20.1 Å². The molecule has 0 saturated carbocycles. The van der Waals surface area contributed by atoms with Gasteiger partial charge in [0.1, 0.15) is 11.4 Å². The van der Waals surface area contributed by atoms with Crippen LogP contribution in [-0.2, 0) is 11.2 Å². The summed E-state index contributed by atoms with van der Waals surface area (Å²) < 4.78 is 6.73. The number of hydrogen-bond donors (Lipinski definition) is 1. The van der Waals surface area contributed by atoms with Crippen LogP contribution < -0.4 is 10.1 Å². The van der Waals surface area contributed by atoms with Crippen LogP contribution in [0.2, 0.25) is 0 Å². The molecule has 3 rings (SSSR count). The highest BCUT2D eigenvalue weighted by Crippen LogP contribution is 2.34. The van der Waals surface area contributed by atoms with Crippen LogP contribution in [0, 0.1) is 17.0 Å². The van der Waals surface area contributed by atoms with Crippen LogP contribution in [0.5, 0.6) is 5.75 Å². The Kier molecular flexibility index (Phi) is 7.19. The molecule has 1 N–H and O–H groups in total. The van der Waals surface area contributed by atoms with E-state index in [4.69, 9.17) is 4.74 Å². The normalized spacial score (nSPS) is 10.4. The van der Waals surface area contributed by atoms with E-state index in [2.05, 4.69) is 37.2 Å². The maximum absolute atomic E-state index is 12.6. The molecule has 0 aliphatic carbocycles. The van der Waals surface area contributed by atoms with Crippen LogP contribution in [0.15, 0.2) is 69.6 Å². The highest BCUT2D eigenvalue weighted by Gasteiger charge is 2.20.